The summed E-state index contributed by atoms with van der Waals surface area (Å²) in [5.41, 5.74) is 0. The van der Waals surface area contributed by atoms with Crippen molar-refractivity contribution in [3.05, 3.63) is 0 Å². The van der Waals surface area contributed by atoms with Crippen LogP contribution in [0, 0.1) is 0 Å². The molecule has 0 saturated carbocycles. The van der Waals surface area contributed by atoms with Gasteiger partial charge in [-0.25, -0.2) is 0 Å². The van der Waals surface area contributed by atoms with Crippen molar-refractivity contribution in [2.45, 2.75) is 31.1 Å². The molecule has 3 atom stereocenters. The summed E-state index contributed by atoms with van der Waals surface area (Å²) >= 11 is 0. The first-order valence-electron chi connectivity index (χ1n) is 5.07. The molecule has 3 N–H and O–H groups in total. The highest BCUT2D eigenvalue weighted by molar-refractivity contribution is 5.82. The van der Waals surface area contributed by atoms with Crippen molar-refractivity contribution in [3.63, 3.8) is 0 Å². The lowest BCUT2D eigenvalue weighted by atomic mass is 10.2. The van der Waals surface area contributed by atoms with Crippen LogP contribution >= 0.6 is 0 Å². The SMILES string of the molecule is O=C(C1CCCN1)N1CC(O)C(O)C1. The van der Waals surface area contributed by atoms with E-state index in [4.69, 9.17) is 0 Å². The van der Waals surface area contributed by atoms with Crippen LogP contribution in [0.15, 0.2) is 0 Å². The van der Waals surface area contributed by atoms with Crippen LogP contribution in [0.4, 0.5) is 0 Å². The van der Waals surface area contributed by atoms with Crippen molar-refractivity contribution in [3.8, 4) is 0 Å². The van der Waals surface area contributed by atoms with E-state index in [9.17, 15) is 15.0 Å². The molecular weight excluding hydrogens is 184 g/mol. The zero-order chi connectivity index (χ0) is 10.1. The maximum absolute atomic E-state index is 11.8. The monoisotopic (exact) mass is 200 g/mol. The van der Waals surface area contributed by atoms with Crippen LogP contribution in [-0.4, -0.2) is 58.9 Å². The van der Waals surface area contributed by atoms with E-state index < -0.39 is 12.2 Å². The predicted octanol–water partition coefficient (Wildman–Crippen LogP) is -1.70. The Bertz CT molecular complexity index is 218. The van der Waals surface area contributed by atoms with Crippen LogP contribution in [-0.2, 0) is 4.79 Å². The van der Waals surface area contributed by atoms with Gasteiger partial charge in [-0.3, -0.25) is 4.79 Å². The van der Waals surface area contributed by atoms with Crippen LogP contribution in [0.5, 0.6) is 0 Å². The first-order valence-corrected chi connectivity index (χ1v) is 5.07. The third-order valence-electron chi connectivity index (χ3n) is 2.93. The Kier molecular flexibility index (Phi) is 2.71. The molecule has 80 valence electrons. The summed E-state index contributed by atoms with van der Waals surface area (Å²) in [7, 11) is 0. The van der Waals surface area contributed by atoms with E-state index in [1.54, 1.807) is 4.90 Å². The lowest BCUT2D eigenvalue weighted by molar-refractivity contribution is -0.132. The second-order valence-electron chi connectivity index (χ2n) is 4.03. The van der Waals surface area contributed by atoms with Gasteiger partial charge >= 0.3 is 0 Å². The van der Waals surface area contributed by atoms with Gasteiger partial charge in [-0.05, 0) is 19.4 Å². The summed E-state index contributed by atoms with van der Waals surface area (Å²) in [5.74, 6) is 0.0121. The largest absolute Gasteiger partial charge is 0.388 e. The minimum Gasteiger partial charge on any atom is -0.388 e. The molecule has 0 bridgehead atoms. The van der Waals surface area contributed by atoms with Crippen LogP contribution in [0.3, 0.4) is 0 Å². The van der Waals surface area contributed by atoms with E-state index in [1.807, 2.05) is 0 Å². The summed E-state index contributed by atoms with van der Waals surface area (Å²) in [6, 6.07) is -0.104. The lowest BCUT2D eigenvalue weighted by Crippen LogP contribution is -2.43. The quantitative estimate of drug-likeness (QED) is 0.472. The topological polar surface area (TPSA) is 72.8 Å². The predicted molar refractivity (Wildman–Crippen MR) is 49.6 cm³/mol. The number of aliphatic hydroxyl groups excluding tert-OH is 2. The van der Waals surface area contributed by atoms with E-state index in [2.05, 4.69) is 5.32 Å². The molecular formula is C9H16N2O3. The maximum atomic E-state index is 11.8. The molecule has 2 rings (SSSR count). The average molecular weight is 200 g/mol. The Hall–Kier alpha value is -0.650. The number of rotatable bonds is 1. The molecule has 0 radical (unpaired) electrons. The normalized spacial score (nSPS) is 37.9. The van der Waals surface area contributed by atoms with Gasteiger partial charge < -0.3 is 20.4 Å². The molecule has 0 aromatic heterocycles. The highest BCUT2D eigenvalue weighted by Crippen LogP contribution is 2.14. The molecule has 0 aromatic carbocycles. The third-order valence-corrected chi connectivity index (χ3v) is 2.93. The first-order chi connectivity index (χ1) is 6.68. The molecule has 2 aliphatic heterocycles. The molecule has 2 heterocycles. The highest BCUT2D eigenvalue weighted by atomic mass is 16.3. The van der Waals surface area contributed by atoms with Gasteiger partial charge in [-0.2, -0.15) is 0 Å². The summed E-state index contributed by atoms with van der Waals surface area (Å²) in [4.78, 5) is 13.3. The van der Waals surface area contributed by atoms with Crippen molar-refractivity contribution < 1.29 is 15.0 Å². The number of hydrogen-bond donors (Lipinski definition) is 3. The fourth-order valence-corrected chi connectivity index (χ4v) is 2.07. The Morgan fingerprint density at radius 1 is 1.29 bits per heavy atom. The Balaban J connectivity index is 1.92. The van der Waals surface area contributed by atoms with Gasteiger partial charge in [0.2, 0.25) is 5.91 Å². The summed E-state index contributed by atoms with van der Waals surface area (Å²) in [5, 5.41) is 21.7. The smallest absolute Gasteiger partial charge is 0.239 e. The van der Waals surface area contributed by atoms with Crippen molar-refractivity contribution in [2.24, 2.45) is 0 Å². The van der Waals surface area contributed by atoms with Gasteiger partial charge in [0.05, 0.1) is 18.2 Å². The molecule has 0 aliphatic carbocycles. The second-order valence-corrected chi connectivity index (χ2v) is 4.03. The number of nitrogens with one attached hydrogen (secondary N) is 1. The number of nitrogens with zero attached hydrogens (tertiary/aromatic N) is 1. The van der Waals surface area contributed by atoms with Gasteiger partial charge in [0.1, 0.15) is 0 Å². The number of carbonyl (C=O) groups is 1. The fourth-order valence-electron chi connectivity index (χ4n) is 2.07. The maximum Gasteiger partial charge on any atom is 0.239 e. The molecule has 2 saturated heterocycles. The van der Waals surface area contributed by atoms with Gasteiger partial charge in [-0.15, -0.1) is 0 Å². The fraction of sp³-hybridized carbons (Fsp3) is 0.889. The minimum absolute atomic E-state index is 0.0121. The number of amides is 1. The van der Waals surface area contributed by atoms with Crippen LogP contribution in [0.25, 0.3) is 0 Å². The number of aliphatic hydroxyl groups is 2. The van der Waals surface area contributed by atoms with Gasteiger partial charge in [0.15, 0.2) is 0 Å². The van der Waals surface area contributed by atoms with E-state index in [1.165, 1.54) is 0 Å². The zero-order valence-electron chi connectivity index (χ0n) is 8.02. The van der Waals surface area contributed by atoms with E-state index in [-0.39, 0.29) is 25.0 Å². The third kappa shape index (κ3) is 1.75. The standard InChI is InChI=1S/C9H16N2O3/c12-7-4-11(5-8(7)13)9(14)6-2-1-3-10-6/h6-8,10,12-13H,1-5H2. The van der Waals surface area contributed by atoms with E-state index >= 15 is 0 Å². The molecule has 1 amide bonds. The molecule has 5 nitrogen and oxygen atoms in total. The summed E-state index contributed by atoms with van der Waals surface area (Å²) in [6.45, 7) is 1.41. The van der Waals surface area contributed by atoms with Crippen molar-refractivity contribution in [1.82, 2.24) is 10.2 Å². The number of hydrogen-bond acceptors (Lipinski definition) is 4. The second kappa shape index (κ2) is 3.84. The van der Waals surface area contributed by atoms with Gasteiger partial charge in [0.25, 0.3) is 0 Å². The van der Waals surface area contributed by atoms with Crippen molar-refractivity contribution in [2.75, 3.05) is 19.6 Å². The Labute approximate surface area is 82.7 Å². The van der Waals surface area contributed by atoms with E-state index in [0.29, 0.717) is 0 Å². The average Bonchev–Trinajstić information content (AvgIpc) is 2.76. The van der Waals surface area contributed by atoms with Crippen LogP contribution in [0.1, 0.15) is 12.8 Å². The zero-order valence-corrected chi connectivity index (χ0v) is 8.02. The van der Waals surface area contributed by atoms with Crippen LogP contribution in [0.2, 0.25) is 0 Å². The number of β-amino-alcohol motifs (C(OH)–C–C–N with tert-alkyl or cyclic N) is 2. The minimum atomic E-state index is -0.777. The lowest BCUT2D eigenvalue weighted by Gasteiger charge is -2.19. The van der Waals surface area contributed by atoms with Crippen molar-refractivity contribution in [1.29, 1.82) is 0 Å². The van der Waals surface area contributed by atoms with Gasteiger partial charge in [-0.1, -0.05) is 0 Å². The Morgan fingerprint density at radius 2 is 1.93 bits per heavy atom. The molecule has 5 heteroatoms. The summed E-state index contributed by atoms with van der Waals surface area (Å²) in [6.07, 6.45) is 0.331. The molecule has 0 spiro atoms. The highest BCUT2D eigenvalue weighted by Gasteiger charge is 2.36. The van der Waals surface area contributed by atoms with Gasteiger partial charge in [0, 0.05) is 13.1 Å². The summed E-state index contributed by atoms with van der Waals surface area (Å²) < 4.78 is 0. The molecule has 2 fully saturated rings. The first kappa shape index (κ1) is 9.89. The molecule has 14 heavy (non-hydrogen) atoms. The number of likely N-dealkylation sites (tertiary alicyclic amines) is 1. The molecule has 0 aromatic rings. The number of carbonyl (C=O) groups excluding carboxylic acids is 1. The van der Waals surface area contributed by atoms with Crippen molar-refractivity contribution >= 4 is 5.91 Å². The van der Waals surface area contributed by atoms with Crippen LogP contribution < -0.4 is 5.32 Å². The molecule has 2 aliphatic rings. The Morgan fingerprint density at radius 3 is 2.43 bits per heavy atom. The molecule has 3 unspecified atom stereocenters. The van der Waals surface area contributed by atoms with E-state index in [0.717, 1.165) is 19.4 Å².